The van der Waals surface area contributed by atoms with Crippen molar-refractivity contribution in [2.45, 2.75) is 0 Å². The van der Waals surface area contributed by atoms with Gasteiger partial charge in [0, 0.05) is 19.3 Å². The van der Waals surface area contributed by atoms with E-state index in [9.17, 15) is 9.59 Å². The topological polar surface area (TPSA) is 109 Å². The molecular weight excluding hydrogens is 224 g/mol. The Kier molecular flexibility index (Phi) is 2.82. The smallest absolute Gasteiger partial charge is 0.337 e. The van der Waals surface area contributed by atoms with Crippen molar-refractivity contribution in [3.8, 4) is 0 Å². The van der Waals surface area contributed by atoms with Gasteiger partial charge in [0.2, 0.25) is 5.91 Å². The molecule has 2 heterocycles. The fourth-order valence-corrected chi connectivity index (χ4v) is 1.72. The van der Waals surface area contributed by atoms with E-state index in [2.05, 4.69) is 10.3 Å². The standard InChI is InChI=1S/C10H12N4O3/c11-8-6(10(16)17)1-2-13-9(8)14-4-3-12-7(15)5-14/h1-2H,3-5,11H2,(H,12,15)(H,16,17). The molecule has 0 radical (unpaired) electrons. The third-order valence-corrected chi connectivity index (χ3v) is 2.54. The third kappa shape index (κ3) is 2.12. The maximum atomic E-state index is 11.2. The summed E-state index contributed by atoms with van der Waals surface area (Å²) in [5.41, 5.74) is 5.84. The molecule has 17 heavy (non-hydrogen) atoms. The number of aromatic nitrogens is 1. The van der Waals surface area contributed by atoms with E-state index in [1.165, 1.54) is 12.3 Å². The quantitative estimate of drug-likeness (QED) is 0.626. The SMILES string of the molecule is Nc1c(C(=O)O)ccnc1N1CCNC(=O)C1. The zero-order valence-corrected chi connectivity index (χ0v) is 9.01. The summed E-state index contributed by atoms with van der Waals surface area (Å²) in [5.74, 6) is -0.884. The van der Waals surface area contributed by atoms with Gasteiger partial charge in [0.25, 0.3) is 0 Å². The largest absolute Gasteiger partial charge is 0.478 e. The summed E-state index contributed by atoms with van der Waals surface area (Å²) in [6.07, 6.45) is 1.38. The highest BCUT2D eigenvalue weighted by Crippen LogP contribution is 2.24. The minimum absolute atomic E-state index is 0.000909. The molecular formula is C10H12N4O3. The second-order valence-electron chi connectivity index (χ2n) is 3.67. The summed E-state index contributed by atoms with van der Waals surface area (Å²) in [6.45, 7) is 1.20. The minimum atomic E-state index is -1.10. The summed E-state index contributed by atoms with van der Waals surface area (Å²) < 4.78 is 0. The molecule has 1 aromatic heterocycles. The van der Waals surface area contributed by atoms with Gasteiger partial charge in [0.1, 0.15) is 0 Å². The summed E-state index contributed by atoms with van der Waals surface area (Å²) in [6, 6.07) is 1.34. The van der Waals surface area contributed by atoms with E-state index in [0.29, 0.717) is 18.9 Å². The molecule has 90 valence electrons. The van der Waals surface area contributed by atoms with E-state index in [-0.39, 0.29) is 23.7 Å². The van der Waals surface area contributed by atoms with Gasteiger partial charge >= 0.3 is 5.97 Å². The number of amides is 1. The number of hydrogen-bond donors (Lipinski definition) is 3. The monoisotopic (exact) mass is 236 g/mol. The number of pyridine rings is 1. The Hall–Kier alpha value is -2.31. The molecule has 7 heteroatoms. The van der Waals surface area contributed by atoms with Crippen molar-refractivity contribution in [2.75, 3.05) is 30.3 Å². The molecule has 1 aliphatic rings. The van der Waals surface area contributed by atoms with Gasteiger partial charge in [-0.3, -0.25) is 4.79 Å². The molecule has 2 rings (SSSR count). The van der Waals surface area contributed by atoms with Gasteiger partial charge in [-0.25, -0.2) is 9.78 Å². The second-order valence-corrected chi connectivity index (χ2v) is 3.67. The minimum Gasteiger partial charge on any atom is -0.478 e. The molecule has 7 nitrogen and oxygen atoms in total. The molecule has 1 aliphatic heterocycles. The van der Waals surface area contributed by atoms with E-state index in [1.807, 2.05) is 0 Å². The number of carbonyl (C=O) groups excluding carboxylic acids is 1. The van der Waals surface area contributed by atoms with Gasteiger partial charge in [0.15, 0.2) is 5.82 Å². The van der Waals surface area contributed by atoms with E-state index < -0.39 is 5.97 Å². The van der Waals surface area contributed by atoms with Crippen molar-refractivity contribution >= 4 is 23.4 Å². The van der Waals surface area contributed by atoms with Crippen LogP contribution in [0.15, 0.2) is 12.3 Å². The van der Waals surface area contributed by atoms with E-state index in [1.54, 1.807) is 4.90 Å². The Bertz CT molecular complexity index is 475. The molecule has 1 saturated heterocycles. The number of aromatic carboxylic acids is 1. The Morgan fingerprint density at radius 1 is 1.59 bits per heavy atom. The first-order valence-corrected chi connectivity index (χ1v) is 5.09. The maximum Gasteiger partial charge on any atom is 0.337 e. The van der Waals surface area contributed by atoms with Gasteiger partial charge < -0.3 is 21.1 Å². The van der Waals surface area contributed by atoms with Crippen LogP contribution in [-0.4, -0.2) is 41.6 Å². The normalized spacial score (nSPS) is 15.5. The van der Waals surface area contributed by atoms with Crippen LogP contribution in [-0.2, 0) is 4.79 Å². The van der Waals surface area contributed by atoms with Gasteiger partial charge in [-0.1, -0.05) is 0 Å². The number of hydrogen-bond acceptors (Lipinski definition) is 5. The lowest BCUT2D eigenvalue weighted by atomic mass is 10.2. The number of nitrogens with zero attached hydrogens (tertiary/aromatic N) is 2. The Morgan fingerprint density at radius 2 is 2.35 bits per heavy atom. The van der Waals surface area contributed by atoms with Crippen molar-refractivity contribution in [1.82, 2.24) is 10.3 Å². The predicted octanol–water partition coefficient (Wildman–Crippen LogP) is -0.702. The first-order chi connectivity index (χ1) is 8.09. The van der Waals surface area contributed by atoms with E-state index in [4.69, 9.17) is 10.8 Å². The van der Waals surface area contributed by atoms with Crippen LogP contribution in [0.1, 0.15) is 10.4 Å². The Morgan fingerprint density at radius 3 is 3.00 bits per heavy atom. The van der Waals surface area contributed by atoms with Crippen LogP contribution >= 0.6 is 0 Å². The zero-order valence-electron chi connectivity index (χ0n) is 9.01. The number of piperazine rings is 1. The lowest BCUT2D eigenvalue weighted by Gasteiger charge is -2.28. The highest BCUT2D eigenvalue weighted by atomic mass is 16.4. The molecule has 1 amide bonds. The van der Waals surface area contributed by atoms with Crippen LogP contribution in [0.4, 0.5) is 11.5 Å². The number of carboxylic acids is 1. The van der Waals surface area contributed by atoms with E-state index >= 15 is 0 Å². The molecule has 1 aromatic rings. The average Bonchev–Trinajstić information content (AvgIpc) is 2.29. The van der Waals surface area contributed by atoms with E-state index in [0.717, 1.165) is 0 Å². The van der Waals surface area contributed by atoms with Crippen LogP contribution in [0.3, 0.4) is 0 Å². The summed E-state index contributed by atoms with van der Waals surface area (Å²) in [7, 11) is 0. The molecule has 0 spiro atoms. The molecule has 1 fully saturated rings. The molecule has 4 N–H and O–H groups in total. The average molecular weight is 236 g/mol. The lowest BCUT2D eigenvalue weighted by molar-refractivity contribution is -0.120. The van der Waals surface area contributed by atoms with Crippen molar-refractivity contribution < 1.29 is 14.7 Å². The number of nitrogens with one attached hydrogen (secondary N) is 1. The van der Waals surface area contributed by atoms with Gasteiger partial charge in [-0.15, -0.1) is 0 Å². The van der Waals surface area contributed by atoms with Crippen molar-refractivity contribution in [3.05, 3.63) is 17.8 Å². The Balaban J connectivity index is 2.35. The highest BCUT2D eigenvalue weighted by Gasteiger charge is 2.21. The fourth-order valence-electron chi connectivity index (χ4n) is 1.72. The molecule has 0 aliphatic carbocycles. The number of anilines is 2. The van der Waals surface area contributed by atoms with Crippen LogP contribution in [0.2, 0.25) is 0 Å². The third-order valence-electron chi connectivity index (χ3n) is 2.54. The summed E-state index contributed by atoms with van der Waals surface area (Å²) >= 11 is 0. The van der Waals surface area contributed by atoms with Gasteiger partial charge in [-0.05, 0) is 6.07 Å². The van der Waals surface area contributed by atoms with Crippen molar-refractivity contribution in [2.24, 2.45) is 0 Å². The van der Waals surface area contributed by atoms with Gasteiger partial charge in [0.05, 0.1) is 17.8 Å². The highest BCUT2D eigenvalue weighted by molar-refractivity contribution is 5.97. The van der Waals surface area contributed by atoms with Crippen molar-refractivity contribution in [3.63, 3.8) is 0 Å². The van der Waals surface area contributed by atoms with Crippen LogP contribution < -0.4 is 16.0 Å². The lowest BCUT2D eigenvalue weighted by Crippen LogP contribution is -2.48. The molecule has 0 unspecified atom stereocenters. The summed E-state index contributed by atoms with van der Waals surface area (Å²) in [5, 5.41) is 11.6. The fraction of sp³-hybridized carbons (Fsp3) is 0.300. The second kappa shape index (κ2) is 4.28. The number of nitrogen functional groups attached to an aromatic ring is 1. The Labute approximate surface area is 97.2 Å². The van der Waals surface area contributed by atoms with Crippen LogP contribution in [0.5, 0.6) is 0 Å². The zero-order chi connectivity index (χ0) is 12.4. The first-order valence-electron chi connectivity index (χ1n) is 5.09. The number of carboxylic acid groups (broad SMARTS) is 1. The first kappa shape index (κ1) is 11.2. The molecule has 0 bridgehead atoms. The van der Waals surface area contributed by atoms with Crippen molar-refractivity contribution in [1.29, 1.82) is 0 Å². The maximum absolute atomic E-state index is 11.2. The predicted molar refractivity (Wildman–Crippen MR) is 60.8 cm³/mol. The number of rotatable bonds is 2. The van der Waals surface area contributed by atoms with Crippen LogP contribution in [0, 0.1) is 0 Å². The molecule has 0 aromatic carbocycles. The van der Waals surface area contributed by atoms with Crippen LogP contribution in [0.25, 0.3) is 0 Å². The summed E-state index contributed by atoms with van der Waals surface area (Å²) in [4.78, 5) is 27.9. The van der Waals surface area contributed by atoms with Gasteiger partial charge in [-0.2, -0.15) is 0 Å². The number of nitrogens with two attached hydrogens (primary N) is 1. The molecule has 0 saturated carbocycles. The molecule has 0 atom stereocenters. The number of carbonyl (C=O) groups is 2.